The van der Waals surface area contributed by atoms with Crippen molar-refractivity contribution in [2.75, 3.05) is 12.0 Å². The quantitative estimate of drug-likeness (QED) is 0.627. The molecule has 2 aromatic carbocycles. The summed E-state index contributed by atoms with van der Waals surface area (Å²) in [5.41, 5.74) is 1.63. The zero-order valence-corrected chi connectivity index (χ0v) is 15.7. The summed E-state index contributed by atoms with van der Waals surface area (Å²) in [6.07, 6.45) is 1.32. The Labute approximate surface area is 162 Å². The lowest BCUT2D eigenvalue weighted by Crippen LogP contribution is -2.54. The standard InChI is InChI=1S/C21H20N2O5/c1-12(2)14-5-7-15(8-6-14)23-20(26)16(19(25)22-21(23)27)10-13-4-9-18(28-3)17(24)11-13/h4-12,24H,1-3H3,(H,22,25,27)/b16-10-. The number of hydrogen-bond acceptors (Lipinski definition) is 5. The van der Waals surface area contributed by atoms with Gasteiger partial charge >= 0.3 is 6.03 Å². The van der Waals surface area contributed by atoms with Crippen molar-refractivity contribution in [1.82, 2.24) is 5.32 Å². The third kappa shape index (κ3) is 3.59. The minimum atomic E-state index is -0.804. The number of hydrogen-bond donors (Lipinski definition) is 2. The van der Waals surface area contributed by atoms with Gasteiger partial charge in [-0.15, -0.1) is 0 Å². The Morgan fingerprint density at radius 2 is 1.75 bits per heavy atom. The molecule has 144 valence electrons. The van der Waals surface area contributed by atoms with Crippen molar-refractivity contribution in [3.63, 3.8) is 0 Å². The number of urea groups is 1. The molecule has 0 aromatic heterocycles. The van der Waals surface area contributed by atoms with E-state index in [1.54, 1.807) is 18.2 Å². The maximum atomic E-state index is 12.9. The number of methoxy groups -OCH3 is 1. The maximum Gasteiger partial charge on any atom is 0.335 e. The van der Waals surface area contributed by atoms with Crippen LogP contribution in [-0.2, 0) is 9.59 Å². The topological polar surface area (TPSA) is 95.9 Å². The van der Waals surface area contributed by atoms with Crippen LogP contribution in [0.25, 0.3) is 6.08 Å². The maximum absolute atomic E-state index is 12.9. The van der Waals surface area contributed by atoms with Gasteiger partial charge in [0.25, 0.3) is 11.8 Å². The fraction of sp³-hybridized carbons (Fsp3) is 0.190. The van der Waals surface area contributed by atoms with E-state index in [4.69, 9.17) is 4.74 Å². The lowest BCUT2D eigenvalue weighted by atomic mass is 10.0. The van der Waals surface area contributed by atoms with Gasteiger partial charge in [0.05, 0.1) is 12.8 Å². The first kappa shape index (κ1) is 19.2. The van der Waals surface area contributed by atoms with E-state index in [9.17, 15) is 19.5 Å². The van der Waals surface area contributed by atoms with Crippen molar-refractivity contribution in [3.05, 3.63) is 59.2 Å². The fourth-order valence-electron chi connectivity index (χ4n) is 2.86. The number of amides is 4. The first-order valence-corrected chi connectivity index (χ1v) is 8.70. The summed E-state index contributed by atoms with van der Waals surface area (Å²) in [7, 11) is 1.42. The SMILES string of the molecule is COc1ccc(/C=C2/C(=O)NC(=O)N(c3ccc(C(C)C)cc3)C2=O)cc1O. The molecule has 1 aliphatic rings. The largest absolute Gasteiger partial charge is 0.504 e. The van der Waals surface area contributed by atoms with Gasteiger partial charge in [0.15, 0.2) is 11.5 Å². The fourth-order valence-corrected chi connectivity index (χ4v) is 2.86. The molecule has 0 bridgehead atoms. The predicted molar refractivity (Wildman–Crippen MR) is 104 cm³/mol. The molecule has 3 rings (SSSR count). The highest BCUT2D eigenvalue weighted by Gasteiger charge is 2.36. The van der Waals surface area contributed by atoms with Gasteiger partial charge in [-0.05, 0) is 47.4 Å². The number of imide groups is 2. The molecule has 1 aliphatic heterocycles. The number of ether oxygens (including phenoxy) is 1. The number of anilines is 1. The molecule has 2 N–H and O–H groups in total. The molecule has 0 spiro atoms. The molecule has 1 saturated heterocycles. The van der Waals surface area contributed by atoms with E-state index < -0.39 is 17.8 Å². The molecular formula is C21H20N2O5. The number of carbonyl (C=O) groups excluding carboxylic acids is 3. The van der Waals surface area contributed by atoms with Gasteiger partial charge in [0, 0.05) is 0 Å². The number of benzene rings is 2. The van der Waals surface area contributed by atoms with E-state index in [2.05, 4.69) is 5.32 Å². The van der Waals surface area contributed by atoms with Crippen molar-refractivity contribution < 1.29 is 24.2 Å². The molecular weight excluding hydrogens is 360 g/mol. The molecule has 2 aromatic rings. The van der Waals surface area contributed by atoms with Gasteiger partial charge in [0.2, 0.25) is 0 Å². The molecule has 1 fully saturated rings. The van der Waals surface area contributed by atoms with Crippen LogP contribution < -0.4 is 15.0 Å². The summed E-state index contributed by atoms with van der Waals surface area (Å²) in [5.74, 6) is -1.08. The van der Waals surface area contributed by atoms with Crippen molar-refractivity contribution in [3.8, 4) is 11.5 Å². The summed E-state index contributed by atoms with van der Waals surface area (Å²) < 4.78 is 4.98. The van der Waals surface area contributed by atoms with Crippen LogP contribution in [0.3, 0.4) is 0 Å². The molecule has 7 heteroatoms. The summed E-state index contributed by atoms with van der Waals surface area (Å²) in [6.45, 7) is 4.08. The van der Waals surface area contributed by atoms with Crippen molar-refractivity contribution in [2.45, 2.75) is 19.8 Å². The third-order valence-electron chi connectivity index (χ3n) is 4.43. The number of nitrogens with one attached hydrogen (secondary N) is 1. The Hall–Kier alpha value is -3.61. The summed E-state index contributed by atoms with van der Waals surface area (Å²) in [4.78, 5) is 38.3. The molecule has 0 unspecified atom stereocenters. The third-order valence-corrected chi connectivity index (χ3v) is 4.43. The second-order valence-electron chi connectivity index (χ2n) is 6.64. The van der Waals surface area contributed by atoms with Gasteiger partial charge in [-0.1, -0.05) is 32.0 Å². The number of rotatable bonds is 4. The van der Waals surface area contributed by atoms with Gasteiger partial charge in [0.1, 0.15) is 5.57 Å². The molecule has 0 radical (unpaired) electrons. The van der Waals surface area contributed by atoms with Gasteiger partial charge < -0.3 is 9.84 Å². The van der Waals surface area contributed by atoms with Crippen molar-refractivity contribution in [1.29, 1.82) is 0 Å². The second kappa shape index (κ2) is 7.56. The Morgan fingerprint density at radius 3 is 2.32 bits per heavy atom. The van der Waals surface area contributed by atoms with E-state index in [1.807, 2.05) is 26.0 Å². The molecule has 0 atom stereocenters. The molecule has 28 heavy (non-hydrogen) atoms. The summed E-state index contributed by atoms with van der Waals surface area (Å²) in [5, 5.41) is 12.1. The first-order valence-electron chi connectivity index (χ1n) is 8.70. The lowest BCUT2D eigenvalue weighted by molar-refractivity contribution is -0.122. The Kier molecular flexibility index (Phi) is 5.17. The smallest absolute Gasteiger partial charge is 0.335 e. The molecule has 4 amide bonds. The Morgan fingerprint density at radius 1 is 1.07 bits per heavy atom. The highest BCUT2D eigenvalue weighted by molar-refractivity contribution is 6.39. The molecule has 7 nitrogen and oxygen atoms in total. The van der Waals surface area contributed by atoms with E-state index >= 15 is 0 Å². The monoisotopic (exact) mass is 380 g/mol. The average molecular weight is 380 g/mol. The lowest BCUT2D eigenvalue weighted by Gasteiger charge is -2.26. The first-order chi connectivity index (χ1) is 13.3. The summed E-state index contributed by atoms with van der Waals surface area (Å²) in [6, 6.07) is 10.7. The van der Waals surface area contributed by atoms with Crippen LogP contribution in [0.15, 0.2) is 48.0 Å². The van der Waals surface area contributed by atoms with Crippen molar-refractivity contribution >= 4 is 29.6 Å². The summed E-state index contributed by atoms with van der Waals surface area (Å²) >= 11 is 0. The van der Waals surface area contributed by atoms with Crippen LogP contribution in [0.5, 0.6) is 11.5 Å². The van der Waals surface area contributed by atoms with Crippen LogP contribution >= 0.6 is 0 Å². The number of carbonyl (C=O) groups is 3. The van der Waals surface area contributed by atoms with Gasteiger partial charge in [-0.3, -0.25) is 14.9 Å². The van der Waals surface area contributed by atoms with Crippen molar-refractivity contribution in [2.24, 2.45) is 0 Å². The molecule has 0 saturated carbocycles. The zero-order valence-electron chi connectivity index (χ0n) is 15.7. The van der Waals surface area contributed by atoms with Gasteiger partial charge in [-0.2, -0.15) is 0 Å². The molecule has 0 aliphatic carbocycles. The number of phenols is 1. The Balaban J connectivity index is 1.96. The highest BCUT2D eigenvalue weighted by Crippen LogP contribution is 2.28. The highest BCUT2D eigenvalue weighted by atomic mass is 16.5. The number of phenolic OH excluding ortho intramolecular Hbond substituents is 1. The minimum Gasteiger partial charge on any atom is -0.504 e. The minimum absolute atomic E-state index is 0.127. The normalized spacial score (nSPS) is 15.9. The number of nitrogens with zero attached hydrogens (tertiary/aromatic N) is 1. The molecule has 1 heterocycles. The number of aromatic hydroxyl groups is 1. The van der Waals surface area contributed by atoms with E-state index in [0.29, 0.717) is 17.2 Å². The van der Waals surface area contributed by atoms with Crippen LogP contribution in [-0.4, -0.2) is 30.1 Å². The van der Waals surface area contributed by atoms with Crippen LogP contribution in [0.1, 0.15) is 30.9 Å². The Bertz CT molecular complexity index is 977. The van der Waals surface area contributed by atoms with E-state index in [0.717, 1.165) is 10.5 Å². The average Bonchev–Trinajstić information content (AvgIpc) is 2.65. The van der Waals surface area contributed by atoms with Crippen LogP contribution in [0.4, 0.5) is 10.5 Å². The number of barbiturate groups is 1. The van der Waals surface area contributed by atoms with E-state index in [-0.39, 0.29) is 17.1 Å². The van der Waals surface area contributed by atoms with Crippen LogP contribution in [0, 0.1) is 0 Å². The predicted octanol–water partition coefficient (Wildman–Crippen LogP) is 3.19. The van der Waals surface area contributed by atoms with Crippen LogP contribution in [0.2, 0.25) is 0 Å². The van der Waals surface area contributed by atoms with E-state index in [1.165, 1.54) is 25.3 Å². The second-order valence-corrected chi connectivity index (χ2v) is 6.64. The zero-order chi connectivity index (χ0) is 20.4. The van der Waals surface area contributed by atoms with Gasteiger partial charge in [-0.25, -0.2) is 9.69 Å².